The molecule has 1 fully saturated rings. The van der Waals surface area contributed by atoms with Crippen LogP contribution in [-0.2, 0) is 9.59 Å². The minimum Gasteiger partial charge on any atom is -0.480 e. The van der Waals surface area contributed by atoms with E-state index in [0.29, 0.717) is 43.4 Å². The molecule has 2 amide bonds. The molecule has 0 saturated carbocycles. The van der Waals surface area contributed by atoms with Gasteiger partial charge in [-0.1, -0.05) is 0 Å². The molecule has 2 aromatic rings. The van der Waals surface area contributed by atoms with Crippen molar-refractivity contribution in [3.63, 3.8) is 0 Å². The van der Waals surface area contributed by atoms with Gasteiger partial charge in [-0.3, -0.25) is 24.4 Å². The molecule has 1 saturated heterocycles. The zero-order valence-corrected chi connectivity index (χ0v) is 15.5. The molecule has 1 atom stereocenters. The van der Waals surface area contributed by atoms with Crippen molar-refractivity contribution in [3.05, 3.63) is 35.9 Å². The van der Waals surface area contributed by atoms with E-state index in [0.717, 1.165) is 6.07 Å². The van der Waals surface area contributed by atoms with Crippen molar-refractivity contribution in [3.8, 4) is 0 Å². The van der Waals surface area contributed by atoms with Gasteiger partial charge in [0.25, 0.3) is 5.91 Å². The Kier molecular flexibility index (Phi) is 5.81. The third-order valence-electron chi connectivity index (χ3n) is 4.90. The Bertz CT molecular complexity index is 920. The van der Waals surface area contributed by atoms with Gasteiger partial charge in [0.2, 0.25) is 5.91 Å². The number of carbonyl (C=O) groups is 3. The van der Waals surface area contributed by atoms with Crippen LogP contribution in [0, 0.1) is 5.82 Å². The molecule has 28 heavy (non-hydrogen) atoms. The minimum absolute atomic E-state index is 0.149. The molecule has 1 aromatic heterocycles. The van der Waals surface area contributed by atoms with Crippen LogP contribution in [0.25, 0.3) is 11.0 Å². The average Bonchev–Trinajstić information content (AvgIpc) is 2.90. The molecular weight excluding hydrogens is 367 g/mol. The predicted octanol–water partition coefficient (Wildman–Crippen LogP) is 1.70. The van der Waals surface area contributed by atoms with Gasteiger partial charge in [0.1, 0.15) is 17.9 Å². The summed E-state index contributed by atoms with van der Waals surface area (Å²) in [5, 5.41) is 9.04. The van der Waals surface area contributed by atoms with E-state index >= 15 is 0 Å². The van der Waals surface area contributed by atoms with E-state index in [2.05, 4.69) is 9.97 Å². The molecule has 0 aliphatic carbocycles. The molecule has 0 spiro atoms. The minimum atomic E-state index is -1.07. The number of halogens is 1. The molecular formula is C19H21FN4O4. The lowest BCUT2D eigenvalue weighted by atomic mass is 10.1. The second-order valence-electron chi connectivity index (χ2n) is 6.80. The monoisotopic (exact) mass is 388 g/mol. The van der Waals surface area contributed by atoms with E-state index in [1.807, 2.05) is 0 Å². The van der Waals surface area contributed by atoms with Gasteiger partial charge in [-0.15, -0.1) is 0 Å². The van der Waals surface area contributed by atoms with E-state index in [4.69, 9.17) is 5.11 Å². The molecule has 9 heteroatoms. The van der Waals surface area contributed by atoms with Gasteiger partial charge in [-0.05, 0) is 25.3 Å². The van der Waals surface area contributed by atoms with Crippen molar-refractivity contribution in [2.24, 2.45) is 0 Å². The highest BCUT2D eigenvalue weighted by molar-refractivity contribution is 6.04. The zero-order valence-electron chi connectivity index (χ0n) is 15.5. The fourth-order valence-corrected chi connectivity index (χ4v) is 3.61. The van der Waals surface area contributed by atoms with Crippen LogP contribution in [0.3, 0.4) is 0 Å². The number of hydrogen-bond acceptors (Lipinski definition) is 5. The van der Waals surface area contributed by atoms with Crippen LogP contribution < -0.4 is 0 Å². The summed E-state index contributed by atoms with van der Waals surface area (Å²) in [6, 6.07) is 2.14. The van der Waals surface area contributed by atoms with Crippen LogP contribution >= 0.6 is 0 Å². The summed E-state index contributed by atoms with van der Waals surface area (Å²) >= 11 is 0. The largest absolute Gasteiger partial charge is 0.480 e. The topological polar surface area (TPSA) is 104 Å². The predicted molar refractivity (Wildman–Crippen MR) is 98.1 cm³/mol. The molecule has 0 bridgehead atoms. The summed E-state index contributed by atoms with van der Waals surface area (Å²) < 4.78 is 13.9. The molecule has 8 nitrogen and oxygen atoms in total. The molecule has 1 aliphatic rings. The van der Waals surface area contributed by atoms with Crippen molar-refractivity contribution in [2.45, 2.75) is 32.2 Å². The quantitative estimate of drug-likeness (QED) is 0.855. The highest BCUT2D eigenvalue weighted by Crippen LogP contribution is 2.22. The maximum Gasteiger partial charge on any atom is 0.323 e. The van der Waals surface area contributed by atoms with Crippen molar-refractivity contribution < 1.29 is 23.9 Å². The van der Waals surface area contributed by atoms with Crippen LogP contribution in [0.15, 0.2) is 24.5 Å². The summed E-state index contributed by atoms with van der Waals surface area (Å²) in [6.45, 7) is 1.75. The Morgan fingerprint density at radius 1 is 1.21 bits per heavy atom. The van der Waals surface area contributed by atoms with Gasteiger partial charge >= 0.3 is 5.97 Å². The van der Waals surface area contributed by atoms with Crippen LogP contribution in [0.1, 0.15) is 36.5 Å². The number of carboxylic acids is 1. The van der Waals surface area contributed by atoms with E-state index in [1.165, 1.54) is 30.3 Å². The van der Waals surface area contributed by atoms with Gasteiger partial charge in [-0.2, -0.15) is 0 Å². The number of rotatable bonds is 4. The second-order valence-corrected chi connectivity index (χ2v) is 6.80. The molecule has 1 unspecified atom stereocenters. The van der Waals surface area contributed by atoms with Gasteiger partial charge < -0.3 is 14.9 Å². The van der Waals surface area contributed by atoms with Crippen LogP contribution in [0.4, 0.5) is 4.39 Å². The van der Waals surface area contributed by atoms with Crippen molar-refractivity contribution in [1.29, 1.82) is 0 Å². The number of benzene rings is 1. The van der Waals surface area contributed by atoms with Crippen LogP contribution in [0.2, 0.25) is 0 Å². The number of aromatic nitrogens is 2. The first-order valence-electron chi connectivity index (χ1n) is 9.05. The lowest BCUT2D eigenvalue weighted by Gasteiger charge is -2.28. The number of amides is 2. The Hall–Kier alpha value is -3.10. The standard InChI is InChI=1S/C19H21FN4O4/c1-12(25)24(11-17(26)27)14-3-2-7-23(8-4-14)19(28)15-9-13(20)10-16-18(15)22-6-5-21-16/h5-6,9-10,14H,2-4,7-8,11H2,1H3,(H,26,27). The first-order valence-corrected chi connectivity index (χ1v) is 9.05. The summed E-state index contributed by atoms with van der Waals surface area (Å²) in [5.74, 6) is -2.29. The normalized spacial score (nSPS) is 17.2. The summed E-state index contributed by atoms with van der Waals surface area (Å²) in [5.41, 5.74) is 0.796. The summed E-state index contributed by atoms with van der Waals surface area (Å²) in [4.78, 5) is 47.1. The van der Waals surface area contributed by atoms with Gasteiger partial charge in [-0.25, -0.2) is 4.39 Å². The van der Waals surface area contributed by atoms with Gasteiger partial charge in [0.05, 0.1) is 11.1 Å². The van der Waals surface area contributed by atoms with Crippen LogP contribution in [-0.4, -0.2) is 68.3 Å². The van der Waals surface area contributed by atoms with Gasteiger partial charge in [0.15, 0.2) is 0 Å². The highest BCUT2D eigenvalue weighted by Gasteiger charge is 2.28. The van der Waals surface area contributed by atoms with E-state index in [9.17, 15) is 18.8 Å². The number of fused-ring (bicyclic) bond motifs is 1. The number of carboxylic acid groups (broad SMARTS) is 1. The number of hydrogen-bond donors (Lipinski definition) is 1. The maximum absolute atomic E-state index is 13.9. The molecule has 3 rings (SSSR count). The number of carbonyl (C=O) groups excluding carboxylic acids is 2. The van der Waals surface area contributed by atoms with Crippen molar-refractivity contribution in [1.82, 2.24) is 19.8 Å². The second kappa shape index (κ2) is 8.28. The van der Waals surface area contributed by atoms with E-state index in [-0.39, 0.29) is 30.0 Å². The third-order valence-corrected chi connectivity index (χ3v) is 4.90. The fourth-order valence-electron chi connectivity index (χ4n) is 3.61. The van der Waals surface area contributed by atoms with Crippen LogP contribution in [0.5, 0.6) is 0 Å². The Morgan fingerprint density at radius 2 is 1.96 bits per heavy atom. The molecule has 1 N–H and O–H groups in total. The molecule has 1 aromatic carbocycles. The number of nitrogens with zero attached hydrogens (tertiary/aromatic N) is 4. The lowest BCUT2D eigenvalue weighted by Crippen LogP contribution is -2.43. The number of aliphatic carboxylic acids is 1. The molecule has 0 radical (unpaired) electrons. The molecule has 1 aliphatic heterocycles. The Balaban J connectivity index is 1.80. The first-order chi connectivity index (χ1) is 13.4. The highest BCUT2D eigenvalue weighted by atomic mass is 19.1. The van der Waals surface area contributed by atoms with E-state index in [1.54, 1.807) is 4.90 Å². The maximum atomic E-state index is 13.9. The Morgan fingerprint density at radius 3 is 2.68 bits per heavy atom. The third kappa shape index (κ3) is 4.24. The Labute approximate surface area is 161 Å². The first kappa shape index (κ1) is 19.7. The van der Waals surface area contributed by atoms with E-state index < -0.39 is 11.8 Å². The smallest absolute Gasteiger partial charge is 0.323 e. The average molecular weight is 388 g/mol. The molecule has 148 valence electrons. The summed E-state index contributed by atoms with van der Waals surface area (Å²) in [6.07, 6.45) is 4.55. The zero-order chi connectivity index (χ0) is 20.3. The lowest BCUT2D eigenvalue weighted by molar-refractivity contribution is -0.145. The SMILES string of the molecule is CC(=O)N(CC(=O)O)C1CCCN(C(=O)c2cc(F)cc3nccnc23)CC1. The van der Waals surface area contributed by atoms with Gasteiger partial charge in [0, 0.05) is 44.5 Å². The van der Waals surface area contributed by atoms with Crippen molar-refractivity contribution >= 4 is 28.8 Å². The molecule has 2 heterocycles. The fraction of sp³-hybridized carbons (Fsp3) is 0.421. The number of likely N-dealkylation sites (tertiary alicyclic amines) is 1. The summed E-state index contributed by atoms with van der Waals surface area (Å²) in [7, 11) is 0. The van der Waals surface area contributed by atoms with Crippen molar-refractivity contribution in [2.75, 3.05) is 19.6 Å².